The van der Waals surface area contributed by atoms with E-state index in [1.165, 1.54) is 25.3 Å². The van der Waals surface area contributed by atoms with Gasteiger partial charge < -0.3 is 10.1 Å². The number of methoxy groups -OCH3 is 1. The lowest BCUT2D eigenvalue weighted by Crippen LogP contribution is -2.02. The molecule has 0 aliphatic rings. The lowest BCUT2D eigenvalue weighted by molar-refractivity contribution is -0.384. The van der Waals surface area contributed by atoms with Gasteiger partial charge in [0.2, 0.25) is 5.88 Å². The van der Waals surface area contributed by atoms with Crippen LogP contribution in [-0.4, -0.2) is 17.0 Å². The Bertz CT molecular complexity index is 692. The van der Waals surface area contributed by atoms with Gasteiger partial charge in [0.1, 0.15) is 6.07 Å². The number of hydrogen-bond acceptors (Lipinski definition) is 6. The minimum atomic E-state index is -0.530. The van der Waals surface area contributed by atoms with E-state index in [2.05, 4.69) is 10.3 Å². The van der Waals surface area contributed by atoms with E-state index in [9.17, 15) is 10.1 Å². The third-order valence-electron chi connectivity index (χ3n) is 2.82. The van der Waals surface area contributed by atoms with Gasteiger partial charge in [-0.25, -0.2) is 4.98 Å². The first kappa shape index (κ1) is 14.3. The maximum absolute atomic E-state index is 10.7. The van der Waals surface area contributed by atoms with Crippen molar-refractivity contribution >= 4 is 11.4 Å². The molecule has 7 nitrogen and oxygen atoms in total. The van der Waals surface area contributed by atoms with Crippen LogP contribution in [0.4, 0.5) is 11.4 Å². The molecule has 0 atom stereocenters. The van der Waals surface area contributed by atoms with Crippen LogP contribution in [0.2, 0.25) is 0 Å². The first-order chi connectivity index (χ1) is 10.1. The summed E-state index contributed by atoms with van der Waals surface area (Å²) >= 11 is 0. The first-order valence-corrected chi connectivity index (χ1v) is 6.05. The van der Waals surface area contributed by atoms with Crippen LogP contribution in [0, 0.1) is 21.4 Å². The minimum Gasteiger partial charge on any atom is -0.481 e. The van der Waals surface area contributed by atoms with Crippen molar-refractivity contribution in [1.29, 1.82) is 5.26 Å². The predicted octanol–water partition coefficient (Wildman–Crippen LogP) is 2.48. The standard InChI is InChI=1S/C14H12N4O3/c1-21-14-5-2-10(9-17-14)8-16-13-4-3-12(18(19)20)6-11(13)7-15/h2-6,9,16H,8H2,1H3. The normalized spacial score (nSPS) is 9.71. The van der Waals surface area contributed by atoms with Gasteiger partial charge >= 0.3 is 0 Å². The Labute approximate surface area is 121 Å². The molecule has 106 valence electrons. The number of aromatic nitrogens is 1. The van der Waals surface area contributed by atoms with Gasteiger partial charge in [0.25, 0.3) is 5.69 Å². The summed E-state index contributed by atoms with van der Waals surface area (Å²) < 4.78 is 4.97. The Morgan fingerprint density at radius 1 is 1.43 bits per heavy atom. The van der Waals surface area contributed by atoms with Crippen LogP contribution < -0.4 is 10.1 Å². The number of rotatable bonds is 5. The van der Waals surface area contributed by atoms with E-state index in [-0.39, 0.29) is 11.3 Å². The Kier molecular flexibility index (Phi) is 4.31. The molecule has 1 N–H and O–H groups in total. The largest absolute Gasteiger partial charge is 0.481 e. The topological polar surface area (TPSA) is 101 Å². The third-order valence-corrected chi connectivity index (χ3v) is 2.82. The van der Waals surface area contributed by atoms with Crippen LogP contribution in [0.15, 0.2) is 36.5 Å². The molecule has 0 amide bonds. The Morgan fingerprint density at radius 2 is 2.24 bits per heavy atom. The molecule has 0 bridgehead atoms. The molecule has 0 aliphatic carbocycles. The van der Waals surface area contributed by atoms with Crippen molar-refractivity contribution < 1.29 is 9.66 Å². The molecule has 0 fully saturated rings. The van der Waals surface area contributed by atoms with Gasteiger partial charge in [-0.2, -0.15) is 5.26 Å². The molecule has 7 heteroatoms. The van der Waals surface area contributed by atoms with Gasteiger partial charge in [0.15, 0.2) is 0 Å². The number of nitriles is 1. The van der Waals surface area contributed by atoms with Crippen LogP contribution in [0.5, 0.6) is 5.88 Å². The van der Waals surface area contributed by atoms with Crippen LogP contribution in [0.3, 0.4) is 0 Å². The monoisotopic (exact) mass is 284 g/mol. The van der Waals surface area contributed by atoms with E-state index < -0.39 is 4.92 Å². The van der Waals surface area contributed by atoms with E-state index in [0.29, 0.717) is 18.1 Å². The first-order valence-electron chi connectivity index (χ1n) is 6.05. The number of ether oxygens (including phenoxy) is 1. The summed E-state index contributed by atoms with van der Waals surface area (Å²) in [7, 11) is 1.54. The molecule has 1 aromatic heterocycles. The van der Waals surface area contributed by atoms with Crippen molar-refractivity contribution in [3.63, 3.8) is 0 Å². The lowest BCUT2D eigenvalue weighted by Gasteiger charge is -2.08. The van der Waals surface area contributed by atoms with Gasteiger partial charge in [0.05, 0.1) is 23.3 Å². The highest BCUT2D eigenvalue weighted by atomic mass is 16.6. The second-order valence-electron chi connectivity index (χ2n) is 4.16. The number of anilines is 1. The molecule has 0 unspecified atom stereocenters. The fourth-order valence-corrected chi connectivity index (χ4v) is 1.73. The lowest BCUT2D eigenvalue weighted by atomic mass is 10.1. The van der Waals surface area contributed by atoms with E-state index in [1.54, 1.807) is 12.3 Å². The number of nitro benzene ring substituents is 1. The van der Waals surface area contributed by atoms with E-state index in [1.807, 2.05) is 12.1 Å². The van der Waals surface area contributed by atoms with Gasteiger partial charge in [-0.15, -0.1) is 0 Å². The molecule has 21 heavy (non-hydrogen) atoms. The highest BCUT2D eigenvalue weighted by Gasteiger charge is 2.10. The van der Waals surface area contributed by atoms with Crippen LogP contribution in [0.25, 0.3) is 0 Å². The van der Waals surface area contributed by atoms with Crippen LogP contribution >= 0.6 is 0 Å². The van der Waals surface area contributed by atoms with Crippen LogP contribution in [0.1, 0.15) is 11.1 Å². The smallest absolute Gasteiger partial charge is 0.270 e. The molecule has 0 radical (unpaired) electrons. The van der Waals surface area contributed by atoms with E-state index >= 15 is 0 Å². The third kappa shape index (κ3) is 3.45. The molecule has 0 spiro atoms. The summed E-state index contributed by atoms with van der Waals surface area (Å²) in [5.74, 6) is 0.520. The number of hydrogen-bond donors (Lipinski definition) is 1. The fourth-order valence-electron chi connectivity index (χ4n) is 1.73. The minimum absolute atomic E-state index is 0.108. The Hall–Kier alpha value is -3.14. The summed E-state index contributed by atoms with van der Waals surface area (Å²) in [5, 5.41) is 22.8. The van der Waals surface area contributed by atoms with Gasteiger partial charge in [0, 0.05) is 30.9 Å². The maximum atomic E-state index is 10.7. The van der Waals surface area contributed by atoms with E-state index in [0.717, 1.165) is 5.56 Å². The molecule has 1 aromatic carbocycles. The average Bonchev–Trinajstić information content (AvgIpc) is 2.53. The maximum Gasteiger partial charge on any atom is 0.270 e. The van der Waals surface area contributed by atoms with E-state index in [4.69, 9.17) is 10.00 Å². The Balaban J connectivity index is 2.12. The zero-order valence-corrected chi connectivity index (χ0v) is 11.2. The van der Waals surface area contributed by atoms with Crippen molar-refractivity contribution in [2.24, 2.45) is 0 Å². The predicted molar refractivity (Wildman–Crippen MR) is 75.9 cm³/mol. The fraction of sp³-hybridized carbons (Fsp3) is 0.143. The Morgan fingerprint density at radius 3 is 2.81 bits per heavy atom. The summed E-state index contributed by atoms with van der Waals surface area (Å²) in [6.07, 6.45) is 1.66. The number of pyridine rings is 1. The molecule has 2 aromatic rings. The number of nitro groups is 1. The quantitative estimate of drug-likeness (QED) is 0.668. The molecule has 1 heterocycles. The molecular weight excluding hydrogens is 272 g/mol. The number of benzene rings is 1. The highest BCUT2D eigenvalue weighted by Crippen LogP contribution is 2.22. The van der Waals surface area contributed by atoms with Crippen molar-refractivity contribution in [3.8, 4) is 11.9 Å². The van der Waals surface area contributed by atoms with Crippen LogP contribution in [-0.2, 0) is 6.54 Å². The number of non-ortho nitro benzene ring substituents is 1. The highest BCUT2D eigenvalue weighted by molar-refractivity contribution is 5.61. The zero-order chi connectivity index (χ0) is 15.2. The second-order valence-corrected chi connectivity index (χ2v) is 4.16. The summed E-state index contributed by atoms with van der Waals surface area (Å²) in [6.45, 7) is 0.448. The summed E-state index contributed by atoms with van der Waals surface area (Å²) in [5.41, 5.74) is 1.56. The summed E-state index contributed by atoms with van der Waals surface area (Å²) in [6, 6.07) is 9.64. The number of nitrogens with zero attached hydrogens (tertiary/aromatic N) is 3. The SMILES string of the molecule is COc1ccc(CNc2ccc([N+](=O)[O-])cc2C#N)cn1. The molecular formula is C14H12N4O3. The van der Waals surface area contributed by atoms with Gasteiger partial charge in [-0.05, 0) is 11.6 Å². The van der Waals surface area contributed by atoms with Crippen molar-refractivity contribution in [2.45, 2.75) is 6.54 Å². The molecule has 0 aliphatic heterocycles. The number of nitrogens with one attached hydrogen (secondary N) is 1. The average molecular weight is 284 g/mol. The zero-order valence-electron chi connectivity index (χ0n) is 11.2. The van der Waals surface area contributed by atoms with Crippen molar-refractivity contribution in [2.75, 3.05) is 12.4 Å². The van der Waals surface area contributed by atoms with Crippen molar-refractivity contribution in [1.82, 2.24) is 4.98 Å². The van der Waals surface area contributed by atoms with Gasteiger partial charge in [-0.3, -0.25) is 10.1 Å². The molecule has 0 saturated heterocycles. The van der Waals surface area contributed by atoms with Gasteiger partial charge in [-0.1, -0.05) is 6.07 Å². The molecule has 0 saturated carbocycles. The second kappa shape index (κ2) is 6.34. The molecule has 2 rings (SSSR count). The summed E-state index contributed by atoms with van der Waals surface area (Å²) in [4.78, 5) is 14.2. The van der Waals surface area contributed by atoms with Crippen molar-refractivity contribution in [3.05, 3.63) is 57.8 Å².